The van der Waals surface area contributed by atoms with Gasteiger partial charge in [0.15, 0.2) is 0 Å². The number of aromatic nitrogens is 4. The number of H-pyrrole nitrogens is 1. The van der Waals surface area contributed by atoms with Crippen molar-refractivity contribution in [2.45, 2.75) is 0 Å². The van der Waals surface area contributed by atoms with Gasteiger partial charge in [0, 0.05) is 4.47 Å². The number of hydrogen-bond donors (Lipinski definition) is 2. The maximum absolute atomic E-state index is 6.16. The van der Waals surface area contributed by atoms with Crippen LogP contribution < -0.4 is 5.32 Å². The van der Waals surface area contributed by atoms with Crippen LogP contribution in [0.1, 0.15) is 0 Å². The standard InChI is InChI=1S/C14H8BrCl2N5/c15-7-4-5-11-10(6-7)19-14-20-13(21-22(11)14)18-9-3-1-2-8(16)12(9)17/h1-6H,(H2,18,19,20,21). The van der Waals surface area contributed by atoms with Crippen molar-refractivity contribution in [1.82, 2.24) is 19.6 Å². The molecule has 5 nitrogen and oxygen atoms in total. The topological polar surface area (TPSA) is 58.0 Å². The Kier molecular flexibility index (Phi) is 3.25. The number of hydrogen-bond acceptors (Lipinski definition) is 3. The van der Waals surface area contributed by atoms with Crippen molar-refractivity contribution in [2.24, 2.45) is 0 Å². The van der Waals surface area contributed by atoms with Gasteiger partial charge in [0.25, 0.3) is 5.78 Å². The van der Waals surface area contributed by atoms with Crippen molar-refractivity contribution in [3.63, 3.8) is 0 Å². The second-order valence-corrected chi connectivity index (χ2v) is 6.38. The Bertz CT molecular complexity index is 1010. The molecular formula is C14H8BrCl2N5. The number of nitrogens with zero attached hydrogens (tertiary/aromatic N) is 3. The van der Waals surface area contributed by atoms with Crippen LogP contribution in [0.2, 0.25) is 10.0 Å². The van der Waals surface area contributed by atoms with Gasteiger partial charge in [-0.15, -0.1) is 0 Å². The maximum Gasteiger partial charge on any atom is 0.253 e. The van der Waals surface area contributed by atoms with E-state index in [2.05, 4.69) is 36.3 Å². The molecule has 2 N–H and O–H groups in total. The normalized spacial score (nSPS) is 11.4. The van der Waals surface area contributed by atoms with Gasteiger partial charge >= 0.3 is 0 Å². The van der Waals surface area contributed by atoms with E-state index in [4.69, 9.17) is 23.2 Å². The van der Waals surface area contributed by atoms with E-state index in [-0.39, 0.29) is 0 Å². The molecule has 0 aliphatic heterocycles. The Morgan fingerprint density at radius 2 is 2.00 bits per heavy atom. The Balaban J connectivity index is 1.78. The number of anilines is 2. The Labute approximate surface area is 143 Å². The third-order valence-corrected chi connectivity index (χ3v) is 4.55. The average Bonchev–Trinajstić information content (AvgIpc) is 3.00. The molecule has 0 aliphatic carbocycles. The minimum Gasteiger partial charge on any atom is -0.323 e. The fourth-order valence-electron chi connectivity index (χ4n) is 2.24. The molecule has 4 aromatic rings. The number of halogens is 3. The highest BCUT2D eigenvalue weighted by Crippen LogP contribution is 2.31. The lowest BCUT2D eigenvalue weighted by Gasteiger charge is -2.05. The first-order valence-electron chi connectivity index (χ1n) is 6.36. The quantitative estimate of drug-likeness (QED) is 0.499. The van der Waals surface area contributed by atoms with Gasteiger partial charge in [-0.2, -0.15) is 4.98 Å². The van der Waals surface area contributed by atoms with E-state index < -0.39 is 0 Å². The van der Waals surface area contributed by atoms with E-state index in [9.17, 15) is 0 Å². The minimum absolute atomic E-state index is 0.451. The fraction of sp³-hybridized carbons (Fsp3) is 0. The molecule has 0 aliphatic rings. The van der Waals surface area contributed by atoms with Gasteiger partial charge in [0.2, 0.25) is 5.95 Å². The zero-order valence-electron chi connectivity index (χ0n) is 10.9. The summed E-state index contributed by atoms with van der Waals surface area (Å²) in [6.45, 7) is 0. The highest BCUT2D eigenvalue weighted by atomic mass is 79.9. The molecule has 2 heterocycles. The molecule has 8 heteroatoms. The fourth-order valence-corrected chi connectivity index (χ4v) is 2.94. The van der Waals surface area contributed by atoms with Gasteiger partial charge < -0.3 is 5.32 Å². The lowest BCUT2D eigenvalue weighted by atomic mass is 10.3. The van der Waals surface area contributed by atoms with Crippen molar-refractivity contribution >= 4 is 67.6 Å². The molecule has 0 radical (unpaired) electrons. The molecule has 0 bridgehead atoms. The smallest absolute Gasteiger partial charge is 0.253 e. The maximum atomic E-state index is 6.16. The third kappa shape index (κ3) is 2.24. The molecular weight excluding hydrogens is 389 g/mol. The van der Waals surface area contributed by atoms with Crippen LogP contribution in [0.15, 0.2) is 40.9 Å². The summed E-state index contributed by atoms with van der Waals surface area (Å²) in [6, 6.07) is 11.2. The molecule has 0 saturated carbocycles. The second-order valence-electron chi connectivity index (χ2n) is 4.68. The van der Waals surface area contributed by atoms with Gasteiger partial charge in [0.1, 0.15) is 0 Å². The zero-order valence-corrected chi connectivity index (χ0v) is 14.0. The van der Waals surface area contributed by atoms with Crippen molar-refractivity contribution in [3.8, 4) is 0 Å². The van der Waals surface area contributed by atoms with Crippen LogP contribution in [0.3, 0.4) is 0 Å². The molecule has 0 saturated heterocycles. The van der Waals surface area contributed by atoms with Gasteiger partial charge in [-0.25, -0.2) is 9.50 Å². The van der Waals surface area contributed by atoms with Crippen molar-refractivity contribution in [1.29, 1.82) is 0 Å². The molecule has 0 fully saturated rings. The molecule has 2 aromatic heterocycles. The predicted octanol–water partition coefficient (Wildman–Crippen LogP) is 5.02. The highest BCUT2D eigenvalue weighted by molar-refractivity contribution is 9.10. The second kappa shape index (κ2) is 5.15. The summed E-state index contributed by atoms with van der Waals surface area (Å²) in [5.41, 5.74) is 2.48. The summed E-state index contributed by atoms with van der Waals surface area (Å²) in [5, 5.41) is 7.20. The molecule has 0 spiro atoms. The van der Waals surface area contributed by atoms with Gasteiger partial charge in [0.05, 0.1) is 26.8 Å². The summed E-state index contributed by atoms with van der Waals surface area (Å²) in [4.78, 5) is 8.88. The minimum atomic E-state index is 0.451. The van der Waals surface area contributed by atoms with Crippen molar-refractivity contribution in [3.05, 3.63) is 50.9 Å². The van der Waals surface area contributed by atoms with E-state index in [1.807, 2.05) is 34.8 Å². The summed E-state index contributed by atoms with van der Waals surface area (Å²) in [5.74, 6) is 1.12. The number of fused-ring (bicyclic) bond motifs is 3. The first kappa shape index (κ1) is 13.9. The first-order valence-corrected chi connectivity index (χ1v) is 7.91. The Morgan fingerprint density at radius 1 is 1.14 bits per heavy atom. The molecule has 0 unspecified atom stereocenters. The summed E-state index contributed by atoms with van der Waals surface area (Å²) in [7, 11) is 0. The van der Waals surface area contributed by atoms with Gasteiger partial charge in [-0.3, -0.25) is 5.10 Å². The molecule has 110 valence electrons. The third-order valence-electron chi connectivity index (χ3n) is 3.23. The van der Waals surface area contributed by atoms with Crippen molar-refractivity contribution in [2.75, 3.05) is 5.32 Å². The van der Waals surface area contributed by atoms with Gasteiger partial charge in [-0.1, -0.05) is 45.2 Å². The average molecular weight is 397 g/mol. The first-order chi connectivity index (χ1) is 10.6. The highest BCUT2D eigenvalue weighted by Gasteiger charge is 2.11. The van der Waals surface area contributed by atoms with Crippen LogP contribution in [-0.2, 0) is 0 Å². The summed E-state index contributed by atoms with van der Waals surface area (Å²) < 4.78 is 2.78. The zero-order chi connectivity index (χ0) is 15.3. The Hall–Kier alpha value is -1.76. The number of imidazole rings is 1. The van der Waals surface area contributed by atoms with Crippen LogP contribution in [0.5, 0.6) is 0 Å². The summed E-state index contributed by atoms with van der Waals surface area (Å²) >= 11 is 15.6. The number of aromatic amines is 1. The van der Waals surface area contributed by atoms with Crippen LogP contribution in [0, 0.1) is 0 Å². The number of benzene rings is 2. The van der Waals surface area contributed by atoms with Crippen LogP contribution >= 0.6 is 39.1 Å². The lowest BCUT2D eigenvalue weighted by Crippen LogP contribution is -1.94. The number of rotatable bonds is 2. The van der Waals surface area contributed by atoms with E-state index in [0.29, 0.717) is 27.5 Å². The van der Waals surface area contributed by atoms with Gasteiger partial charge in [-0.05, 0) is 30.3 Å². The molecule has 0 atom stereocenters. The predicted molar refractivity (Wildman–Crippen MR) is 92.3 cm³/mol. The van der Waals surface area contributed by atoms with Crippen LogP contribution in [0.4, 0.5) is 11.6 Å². The van der Waals surface area contributed by atoms with Crippen molar-refractivity contribution < 1.29 is 0 Å². The van der Waals surface area contributed by atoms with E-state index in [0.717, 1.165) is 15.5 Å². The largest absolute Gasteiger partial charge is 0.323 e. The van der Waals surface area contributed by atoms with E-state index >= 15 is 0 Å². The monoisotopic (exact) mass is 395 g/mol. The summed E-state index contributed by atoms with van der Waals surface area (Å²) in [6.07, 6.45) is 0. The number of nitrogens with one attached hydrogen (secondary N) is 2. The lowest BCUT2D eigenvalue weighted by molar-refractivity contribution is 1.01. The van der Waals surface area contributed by atoms with Crippen LogP contribution in [-0.4, -0.2) is 19.6 Å². The van der Waals surface area contributed by atoms with E-state index in [1.54, 1.807) is 6.07 Å². The SMILES string of the molecule is Clc1cccc(Nc2nc3nc4cc(Br)ccc4n3[nH]2)c1Cl. The molecule has 22 heavy (non-hydrogen) atoms. The van der Waals surface area contributed by atoms with E-state index in [1.165, 1.54) is 0 Å². The Morgan fingerprint density at radius 3 is 2.86 bits per heavy atom. The molecule has 0 amide bonds. The van der Waals surface area contributed by atoms with Crippen LogP contribution in [0.25, 0.3) is 16.8 Å². The molecule has 2 aromatic carbocycles. The molecule has 4 rings (SSSR count).